The zero-order chi connectivity index (χ0) is 11.5. The van der Waals surface area contributed by atoms with E-state index in [2.05, 4.69) is 23.8 Å². The highest BCUT2D eigenvalue weighted by Gasteiger charge is 2.22. The molecule has 1 aromatic rings. The Balaban J connectivity index is 2.01. The van der Waals surface area contributed by atoms with Crippen LogP contribution in [0, 0.1) is 0 Å². The van der Waals surface area contributed by atoms with Crippen molar-refractivity contribution in [1.82, 2.24) is 9.97 Å². The minimum atomic E-state index is 0.417. The smallest absolute Gasteiger partial charge is 0.109 e. The molecule has 1 aliphatic carbocycles. The Morgan fingerprint density at radius 2 is 2.12 bits per heavy atom. The molecule has 3 N–H and O–H groups in total. The number of aromatic nitrogens is 2. The Morgan fingerprint density at radius 1 is 1.44 bits per heavy atom. The molecular formula is C13H23N3. The average Bonchev–Trinajstić information content (AvgIpc) is 2.78. The van der Waals surface area contributed by atoms with Gasteiger partial charge in [-0.15, -0.1) is 0 Å². The van der Waals surface area contributed by atoms with Gasteiger partial charge in [0, 0.05) is 23.9 Å². The zero-order valence-electron chi connectivity index (χ0n) is 10.4. The molecule has 1 atom stereocenters. The lowest BCUT2D eigenvalue weighted by Gasteiger charge is -2.24. The first kappa shape index (κ1) is 11.6. The van der Waals surface area contributed by atoms with Crippen LogP contribution >= 0.6 is 0 Å². The predicted octanol–water partition coefficient (Wildman–Crippen LogP) is 2.91. The molecule has 1 fully saturated rings. The summed E-state index contributed by atoms with van der Waals surface area (Å²) in [4.78, 5) is 8.03. The largest absolute Gasteiger partial charge is 0.345 e. The van der Waals surface area contributed by atoms with Crippen LogP contribution in [0.15, 0.2) is 6.20 Å². The van der Waals surface area contributed by atoms with E-state index in [-0.39, 0.29) is 0 Å². The number of nitrogens with one attached hydrogen (secondary N) is 1. The van der Waals surface area contributed by atoms with Crippen molar-refractivity contribution >= 4 is 0 Å². The van der Waals surface area contributed by atoms with Crippen LogP contribution in [0.5, 0.6) is 0 Å². The zero-order valence-corrected chi connectivity index (χ0v) is 10.4. The fourth-order valence-electron chi connectivity index (χ4n) is 2.42. The van der Waals surface area contributed by atoms with Crippen molar-refractivity contribution in [2.45, 2.75) is 63.8 Å². The van der Waals surface area contributed by atoms with Gasteiger partial charge in [-0.1, -0.05) is 13.8 Å². The second kappa shape index (κ2) is 5.00. The molecule has 1 aromatic heterocycles. The van der Waals surface area contributed by atoms with E-state index < -0.39 is 0 Å². The van der Waals surface area contributed by atoms with Crippen LogP contribution in [0.3, 0.4) is 0 Å². The summed E-state index contributed by atoms with van der Waals surface area (Å²) >= 11 is 0. The first-order valence-corrected chi connectivity index (χ1v) is 6.51. The molecule has 0 saturated heterocycles. The highest BCUT2D eigenvalue weighted by atomic mass is 14.9. The van der Waals surface area contributed by atoms with Crippen LogP contribution in [0.2, 0.25) is 0 Å². The summed E-state index contributed by atoms with van der Waals surface area (Å²) in [6.07, 6.45) is 7.84. The highest BCUT2D eigenvalue weighted by molar-refractivity contribution is 5.10. The van der Waals surface area contributed by atoms with Gasteiger partial charge in [-0.2, -0.15) is 0 Å². The molecule has 0 radical (unpaired) electrons. The molecule has 0 amide bonds. The number of hydrogen-bond acceptors (Lipinski definition) is 2. The van der Waals surface area contributed by atoms with Gasteiger partial charge in [-0.3, -0.25) is 0 Å². The Hall–Kier alpha value is -0.830. The van der Waals surface area contributed by atoms with Crippen molar-refractivity contribution in [2.24, 2.45) is 5.73 Å². The van der Waals surface area contributed by atoms with E-state index in [1.807, 2.05) is 6.20 Å². The summed E-state index contributed by atoms with van der Waals surface area (Å²) in [5, 5.41) is 0. The second-order valence-corrected chi connectivity index (χ2v) is 5.14. The van der Waals surface area contributed by atoms with Crippen molar-refractivity contribution < 1.29 is 0 Å². The molecule has 1 saturated carbocycles. The number of aromatic amines is 1. The normalized spacial score (nSPS) is 27.9. The topological polar surface area (TPSA) is 54.7 Å². The van der Waals surface area contributed by atoms with Gasteiger partial charge in [-0.25, -0.2) is 4.98 Å². The predicted molar refractivity (Wildman–Crippen MR) is 66.5 cm³/mol. The van der Waals surface area contributed by atoms with E-state index in [0.717, 1.165) is 19.3 Å². The maximum Gasteiger partial charge on any atom is 0.109 e. The van der Waals surface area contributed by atoms with Gasteiger partial charge in [0.1, 0.15) is 5.82 Å². The van der Waals surface area contributed by atoms with Gasteiger partial charge in [0.05, 0.1) is 0 Å². The number of rotatable bonds is 3. The molecule has 1 heterocycles. The van der Waals surface area contributed by atoms with E-state index >= 15 is 0 Å². The van der Waals surface area contributed by atoms with E-state index in [0.29, 0.717) is 17.9 Å². The monoisotopic (exact) mass is 221 g/mol. The molecule has 3 heteroatoms. The number of nitrogens with two attached hydrogens (primary N) is 1. The SMILES string of the molecule is CCC(C)c1cnc(C2CCC(N)CC2)[nH]1. The molecule has 16 heavy (non-hydrogen) atoms. The minimum Gasteiger partial charge on any atom is -0.345 e. The van der Waals surface area contributed by atoms with E-state index in [9.17, 15) is 0 Å². The Bertz CT molecular complexity index is 324. The van der Waals surface area contributed by atoms with E-state index in [4.69, 9.17) is 5.73 Å². The number of imidazole rings is 1. The van der Waals surface area contributed by atoms with Gasteiger partial charge in [0.25, 0.3) is 0 Å². The first-order valence-electron chi connectivity index (χ1n) is 6.51. The van der Waals surface area contributed by atoms with Crippen molar-refractivity contribution in [3.63, 3.8) is 0 Å². The molecule has 0 bridgehead atoms. The molecule has 0 aliphatic heterocycles. The lowest BCUT2D eigenvalue weighted by molar-refractivity contribution is 0.386. The van der Waals surface area contributed by atoms with Crippen LogP contribution in [-0.4, -0.2) is 16.0 Å². The number of hydrogen-bond donors (Lipinski definition) is 2. The fraction of sp³-hybridized carbons (Fsp3) is 0.769. The summed E-state index contributed by atoms with van der Waals surface area (Å²) < 4.78 is 0. The summed E-state index contributed by atoms with van der Waals surface area (Å²) in [5.41, 5.74) is 7.20. The first-order chi connectivity index (χ1) is 7.70. The van der Waals surface area contributed by atoms with Gasteiger partial charge >= 0.3 is 0 Å². The molecule has 1 aliphatic rings. The van der Waals surface area contributed by atoms with Crippen LogP contribution in [0.1, 0.15) is 69.3 Å². The average molecular weight is 221 g/mol. The quantitative estimate of drug-likeness (QED) is 0.824. The summed E-state index contributed by atoms with van der Waals surface area (Å²) in [6, 6.07) is 0.417. The van der Waals surface area contributed by atoms with Crippen molar-refractivity contribution in [2.75, 3.05) is 0 Å². The van der Waals surface area contributed by atoms with Crippen LogP contribution in [-0.2, 0) is 0 Å². The lowest BCUT2D eigenvalue weighted by atomic mass is 9.86. The Morgan fingerprint density at radius 3 is 2.75 bits per heavy atom. The summed E-state index contributed by atoms with van der Waals surface area (Å²) in [7, 11) is 0. The molecule has 90 valence electrons. The fourth-order valence-corrected chi connectivity index (χ4v) is 2.42. The third kappa shape index (κ3) is 2.46. The van der Waals surface area contributed by atoms with Gasteiger partial charge in [-0.05, 0) is 38.0 Å². The van der Waals surface area contributed by atoms with Crippen molar-refractivity contribution in [3.8, 4) is 0 Å². The standard InChI is InChI=1S/C13H23N3/c1-3-9(2)12-8-15-13(16-12)10-4-6-11(14)7-5-10/h8-11H,3-7,14H2,1-2H3,(H,15,16). The third-order valence-electron chi connectivity index (χ3n) is 3.92. The van der Waals surface area contributed by atoms with Crippen molar-refractivity contribution in [1.29, 1.82) is 0 Å². The third-order valence-corrected chi connectivity index (χ3v) is 3.92. The molecule has 1 unspecified atom stereocenters. The Labute approximate surface area is 97.8 Å². The van der Waals surface area contributed by atoms with E-state index in [1.54, 1.807) is 0 Å². The minimum absolute atomic E-state index is 0.417. The van der Waals surface area contributed by atoms with E-state index in [1.165, 1.54) is 24.4 Å². The van der Waals surface area contributed by atoms with Crippen LogP contribution in [0.25, 0.3) is 0 Å². The summed E-state index contributed by atoms with van der Waals surface area (Å²) in [6.45, 7) is 4.46. The Kier molecular flexibility index (Phi) is 3.64. The lowest BCUT2D eigenvalue weighted by Crippen LogP contribution is -2.26. The highest BCUT2D eigenvalue weighted by Crippen LogP contribution is 2.31. The number of H-pyrrole nitrogens is 1. The molecule has 2 rings (SSSR count). The number of nitrogens with zero attached hydrogens (tertiary/aromatic N) is 1. The summed E-state index contributed by atoms with van der Waals surface area (Å²) in [5.74, 6) is 2.38. The molecule has 0 aromatic carbocycles. The second-order valence-electron chi connectivity index (χ2n) is 5.14. The molecular weight excluding hydrogens is 198 g/mol. The van der Waals surface area contributed by atoms with Crippen molar-refractivity contribution in [3.05, 3.63) is 17.7 Å². The molecule has 3 nitrogen and oxygen atoms in total. The van der Waals surface area contributed by atoms with Gasteiger partial charge in [0.15, 0.2) is 0 Å². The maximum absolute atomic E-state index is 5.92. The van der Waals surface area contributed by atoms with Gasteiger partial charge < -0.3 is 10.7 Å². The van der Waals surface area contributed by atoms with Crippen LogP contribution in [0.4, 0.5) is 0 Å². The van der Waals surface area contributed by atoms with Gasteiger partial charge in [0.2, 0.25) is 0 Å². The molecule has 0 spiro atoms. The maximum atomic E-state index is 5.92. The van der Waals surface area contributed by atoms with Crippen LogP contribution < -0.4 is 5.73 Å².